The molecule has 0 fully saturated rings. The van der Waals surface area contributed by atoms with Gasteiger partial charge in [-0.25, -0.2) is 0 Å². The monoisotopic (exact) mass is 198 g/mol. The molecule has 0 amide bonds. The van der Waals surface area contributed by atoms with E-state index in [0.717, 1.165) is 16.9 Å². The van der Waals surface area contributed by atoms with E-state index < -0.39 is 6.10 Å². The number of hydrogen-bond donors (Lipinski definition) is 1. The summed E-state index contributed by atoms with van der Waals surface area (Å²) in [5.74, 6) is 0.795. The molecule has 1 aliphatic rings. The lowest BCUT2D eigenvalue weighted by Crippen LogP contribution is -2.14. The summed E-state index contributed by atoms with van der Waals surface area (Å²) in [6, 6.07) is 3.62. The minimum absolute atomic E-state index is 0.429. The topological polar surface area (TPSA) is 29.5 Å². The summed E-state index contributed by atoms with van der Waals surface area (Å²) in [6.45, 7) is 2.51. The van der Waals surface area contributed by atoms with Gasteiger partial charge in [0.25, 0.3) is 0 Å². The van der Waals surface area contributed by atoms with E-state index >= 15 is 0 Å². The fourth-order valence-corrected chi connectivity index (χ4v) is 1.91. The van der Waals surface area contributed by atoms with Crippen LogP contribution < -0.4 is 4.74 Å². The molecule has 0 aliphatic carbocycles. The summed E-state index contributed by atoms with van der Waals surface area (Å²) >= 11 is 5.88. The lowest BCUT2D eigenvalue weighted by molar-refractivity contribution is 0.115. The van der Waals surface area contributed by atoms with Crippen molar-refractivity contribution in [2.24, 2.45) is 0 Å². The molecule has 1 aromatic carbocycles. The quantitative estimate of drug-likeness (QED) is 0.694. The van der Waals surface area contributed by atoms with E-state index in [0.29, 0.717) is 18.1 Å². The number of hydrogen-bond acceptors (Lipinski definition) is 2. The first-order chi connectivity index (χ1) is 6.18. The van der Waals surface area contributed by atoms with Crippen LogP contribution in [0.4, 0.5) is 0 Å². The molecule has 0 bridgehead atoms. The van der Waals surface area contributed by atoms with Crippen LogP contribution in [0, 0.1) is 6.92 Å². The van der Waals surface area contributed by atoms with Gasteiger partial charge in [0, 0.05) is 17.0 Å². The largest absolute Gasteiger partial charge is 0.493 e. The highest BCUT2D eigenvalue weighted by Gasteiger charge is 2.21. The summed E-state index contributed by atoms with van der Waals surface area (Å²) in [5, 5.41) is 10.3. The number of aryl methyl sites for hydroxylation is 1. The van der Waals surface area contributed by atoms with E-state index in [-0.39, 0.29) is 0 Å². The van der Waals surface area contributed by atoms with Crippen LogP contribution in [0.2, 0.25) is 5.02 Å². The standard InChI is InChI=1S/C10H11ClO2/c1-6-4-7(11)5-8-9(12)2-3-13-10(6)8/h4-5,9,12H,2-3H2,1H3/t9-/m1/s1. The van der Waals surface area contributed by atoms with Gasteiger partial charge in [-0.15, -0.1) is 0 Å². The highest BCUT2D eigenvalue weighted by molar-refractivity contribution is 6.30. The van der Waals surface area contributed by atoms with E-state index in [1.165, 1.54) is 0 Å². The number of ether oxygens (including phenoxy) is 1. The molecule has 13 heavy (non-hydrogen) atoms. The predicted octanol–water partition coefficient (Wildman–Crippen LogP) is 2.46. The molecule has 1 heterocycles. The fourth-order valence-electron chi connectivity index (χ4n) is 1.63. The third-order valence-corrected chi connectivity index (χ3v) is 2.48. The number of benzene rings is 1. The Balaban J connectivity index is 2.56. The molecule has 3 heteroatoms. The summed E-state index contributed by atoms with van der Waals surface area (Å²) in [7, 11) is 0. The molecular formula is C10H11ClO2. The van der Waals surface area contributed by atoms with Crippen LogP contribution in [0.3, 0.4) is 0 Å². The molecule has 0 unspecified atom stereocenters. The molecule has 1 atom stereocenters. The van der Waals surface area contributed by atoms with Gasteiger partial charge in [0.15, 0.2) is 0 Å². The molecular weight excluding hydrogens is 188 g/mol. The van der Waals surface area contributed by atoms with Crippen molar-refractivity contribution in [2.45, 2.75) is 19.4 Å². The molecule has 0 saturated carbocycles. The van der Waals surface area contributed by atoms with E-state index in [9.17, 15) is 5.11 Å². The van der Waals surface area contributed by atoms with E-state index in [1.54, 1.807) is 6.07 Å². The molecule has 0 saturated heterocycles. The Morgan fingerprint density at radius 2 is 2.31 bits per heavy atom. The van der Waals surface area contributed by atoms with Crippen LogP contribution in [-0.4, -0.2) is 11.7 Å². The zero-order chi connectivity index (χ0) is 9.42. The first kappa shape index (κ1) is 8.85. The Bertz CT molecular complexity index is 336. The number of rotatable bonds is 0. The fraction of sp³-hybridized carbons (Fsp3) is 0.400. The normalized spacial score (nSPS) is 20.7. The Morgan fingerprint density at radius 1 is 1.54 bits per heavy atom. The Morgan fingerprint density at radius 3 is 3.08 bits per heavy atom. The molecule has 70 valence electrons. The molecule has 2 rings (SSSR count). The second-order valence-corrected chi connectivity index (χ2v) is 3.73. The maximum absolute atomic E-state index is 9.67. The Labute approximate surface area is 82.1 Å². The number of aliphatic hydroxyl groups excluding tert-OH is 1. The first-order valence-corrected chi connectivity index (χ1v) is 4.67. The smallest absolute Gasteiger partial charge is 0.128 e. The molecule has 0 aromatic heterocycles. The second kappa shape index (κ2) is 3.20. The maximum atomic E-state index is 9.67. The Hall–Kier alpha value is -0.730. The predicted molar refractivity (Wildman–Crippen MR) is 51.3 cm³/mol. The third kappa shape index (κ3) is 1.52. The molecule has 0 spiro atoms. The van der Waals surface area contributed by atoms with Gasteiger partial charge >= 0.3 is 0 Å². The van der Waals surface area contributed by atoms with Gasteiger partial charge < -0.3 is 9.84 Å². The van der Waals surface area contributed by atoms with Crippen molar-refractivity contribution >= 4 is 11.6 Å². The maximum Gasteiger partial charge on any atom is 0.128 e. The molecule has 0 radical (unpaired) electrons. The van der Waals surface area contributed by atoms with Crippen molar-refractivity contribution in [1.29, 1.82) is 0 Å². The van der Waals surface area contributed by atoms with Crippen molar-refractivity contribution < 1.29 is 9.84 Å². The van der Waals surface area contributed by atoms with Crippen LogP contribution in [0.1, 0.15) is 23.7 Å². The van der Waals surface area contributed by atoms with Crippen molar-refractivity contribution in [3.8, 4) is 5.75 Å². The third-order valence-electron chi connectivity index (χ3n) is 2.26. The van der Waals surface area contributed by atoms with Crippen molar-refractivity contribution in [1.82, 2.24) is 0 Å². The average Bonchev–Trinajstić information content (AvgIpc) is 2.07. The van der Waals surface area contributed by atoms with Gasteiger partial charge in [0.2, 0.25) is 0 Å². The summed E-state index contributed by atoms with van der Waals surface area (Å²) < 4.78 is 5.46. The van der Waals surface area contributed by atoms with Gasteiger partial charge in [-0.2, -0.15) is 0 Å². The lowest BCUT2D eigenvalue weighted by Gasteiger charge is -2.23. The summed E-state index contributed by atoms with van der Waals surface area (Å²) in [6.07, 6.45) is 0.216. The average molecular weight is 199 g/mol. The zero-order valence-electron chi connectivity index (χ0n) is 7.38. The highest BCUT2D eigenvalue weighted by Crippen LogP contribution is 2.36. The number of fused-ring (bicyclic) bond motifs is 1. The van der Waals surface area contributed by atoms with Gasteiger partial charge in [0.05, 0.1) is 12.7 Å². The van der Waals surface area contributed by atoms with E-state index in [2.05, 4.69) is 0 Å². The van der Waals surface area contributed by atoms with Crippen LogP contribution in [-0.2, 0) is 0 Å². The Kier molecular flexibility index (Phi) is 2.18. The van der Waals surface area contributed by atoms with Crippen LogP contribution in [0.25, 0.3) is 0 Å². The minimum Gasteiger partial charge on any atom is -0.493 e. The van der Waals surface area contributed by atoms with Gasteiger partial charge in [0.1, 0.15) is 5.75 Å². The minimum atomic E-state index is -0.429. The van der Waals surface area contributed by atoms with E-state index in [1.807, 2.05) is 13.0 Å². The van der Waals surface area contributed by atoms with E-state index in [4.69, 9.17) is 16.3 Å². The van der Waals surface area contributed by atoms with Crippen molar-refractivity contribution in [2.75, 3.05) is 6.61 Å². The molecule has 1 N–H and O–H groups in total. The van der Waals surface area contributed by atoms with Gasteiger partial charge in [-0.05, 0) is 24.6 Å². The number of aliphatic hydroxyl groups is 1. The molecule has 1 aromatic rings. The lowest BCUT2D eigenvalue weighted by atomic mass is 10.0. The van der Waals surface area contributed by atoms with Crippen molar-refractivity contribution in [3.63, 3.8) is 0 Å². The van der Waals surface area contributed by atoms with Crippen LogP contribution in [0.5, 0.6) is 5.75 Å². The van der Waals surface area contributed by atoms with Gasteiger partial charge in [-0.1, -0.05) is 11.6 Å². The van der Waals surface area contributed by atoms with Crippen LogP contribution >= 0.6 is 11.6 Å². The second-order valence-electron chi connectivity index (χ2n) is 3.29. The first-order valence-electron chi connectivity index (χ1n) is 4.29. The number of halogens is 1. The summed E-state index contributed by atoms with van der Waals surface area (Å²) in [5.41, 5.74) is 1.80. The zero-order valence-corrected chi connectivity index (χ0v) is 8.14. The van der Waals surface area contributed by atoms with Crippen molar-refractivity contribution in [3.05, 3.63) is 28.3 Å². The summed E-state index contributed by atoms with van der Waals surface area (Å²) in [4.78, 5) is 0. The SMILES string of the molecule is Cc1cc(Cl)cc2c1OCC[C@H]2O. The van der Waals surface area contributed by atoms with Gasteiger partial charge in [-0.3, -0.25) is 0 Å². The highest BCUT2D eigenvalue weighted by atomic mass is 35.5. The van der Waals surface area contributed by atoms with Crippen LogP contribution in [0.15, 0.2) is 12.1 Å². The molecule has 1 aliphatic heterocycles. The molecule has 2 nitrogen and oxygen atoms in total.